The Morgan fingerprint density at radius 3 is 2.24 bits per heavy atom. The third kappa shape index (κ3) is 1.67. The highest BCUT2D eigenvalue weighted by Gasteiger charge is 2.48. The molecule has 90 valence electrons. The minimum absolute atomic E-state index is 0.143. The van der Waals surface area contributed by atoms with Crippen molar-refractivity contribution >= 4 is 15.8 Å². The van der Waals surface area contributed by atoms with E-state index in [1.807, 2.05) is 0 Å². The predicted octanol–water partition coefficient (Wildman–Crippen LogP) is 1.68. The maximum absolute atomic E-state index is 12.4. The Bertz CT molecular complexity index is 586. The van der Waals surface area contributed by atoms with Crippen LogP contribution in [0.5, 0.6) is 0 Å². The number of benzene rings is 1. The number of carbonyl (C=O) groups is 1. The summed E-state index contributed by atoms with van der Waals surface area (Å²) in [5.74, 6) is -0.621. The molecular formula is C12H12O4S. The first-order valence-corrected chi connectivity index (χ1v) is 6.58. The number of hydrogen-bond acceptors (Lipinski definition) is 4. The number of sulfone groups is 1. The van der Waals surface area contributed by atoms with Crippen LogP contribution >= 0.6 is 0 Å². The van der Waals surface area contributed by atoms with E-state index in [9.17, 15) is 13.2 Å². The molecule has 0 spiro atoms. The van der Waals surface area contributed by atoms with Crippen LogP contribution in [0.2, 0.25) is 0 Å². The number of hydrogen-bond donors (Lipinski definition) is 0. The van der Waals surface area contributed by atoms with Crippen molar-refractivity contribution < 1.29 is 17.9 Å². The van der Waals surface area contributed by atoms with Gasteiger partial charge in [0, 0.05) is 6.08 Å². The summed E-state index contributed by atoms with van der Waals surface area (Å²) in [5, 5.41) is 0. The fourth-order valence-electron chi connectivity index (χ4n) is 1.70. The molecule has 2 rings (SSSR count). The number of carbonyl (C=O) groups excluding carboxylic acids is 1. The molecule has 4 nitrogen and oxygen atoms in total. The quantitative estimate of drug-likeness (QED) is 0.751. The van der Waals surface area contributed by atoms with Gasteiger partial charge in [0.2, 0.25) is 14.8 Å². The van der Waals surface area contributed by atoms with Crippen LogP contribution in [0, 0.1) is 0 Å². The van der Waals surface area contributed by atoms with Crippen LogP contribution in [0.25, 0.3) is 0 Å². The van der Waals surface area contributed by atoms with E-state index in [1.165, 1.54) is 25.1 Å². The molecule has 0 radical (unpaired) electrons. The van der Waals surface area contributed by atoms with E-state index in [0.29, 0.717) is 5.57 Å². The second-order valence-corrected chi connectivity index (χ2v) is 6.27. The Morgan fingerprint density at radius 1 is 1.18 bits per heavy atom. The van der Waals surface area contributed by atoms with Crippen LogP contribution in [0.3, 0.4) is 0 Å². The molecule has 0 fully saturated rings. The lowest BCUT2D eigenvalue weighted by Gasteiger charge is -2.25. The molecule has 1 heterocycles. The largest absolute Gasteiger partial charge is 0.435 e. The Balaban J connectivity index is 2.56. The molecule has 17 heavy (non-hydrogen) atoms. The average molecular weight is 252 g/mol. The average Bonchev–Trinajstić information content (AvgIpc) is 2.55. The highest BCUT2D eigenvalue weighted by Crippen LogP contribution is 2.36. The Kier molecular flexibility index (Phi) is 2.58. The van der Waals surface area contributed by atoms with Crippen molar-refractivity contribution in [2.75, 3.05) is 0 Å². The Morgan fingerprint density at radius 2 is 1.76 bits per heavy atom. The van der Waals surface area contributed by atoms with Gasteiger partial charge in [0.1, 0.15) is 0 Å². The Hall–Kier alpha value is -1.62. The molecule has 1 aliphatic heterocycles. The minimum atomic E-state index is -3.73. The highest BCUT2D eigenvalue weighted by molar-refractivity contribution is 7.93. The lowest BCUT2D eigenvalue weighted by Crippen LogP contribution is -2.37. The third-order valence-electron chi connectivity index (χ3n) is 2.91. The van der Waals surface area contributed by atoms with E-state index in [4.69, 9.17) is 4.74 Å². The van der Waals surface area contributed by atoms with Crippen molar-refractivity contribution in [1.82, 2.24) is 0 Å². The fourth-order valence-corrected chi connectivity index (χ4v) is 3.34. The highest BCUT2D eigenvalue weighted by atomic mass is 32.2. The molecule has 0 saturated heterocycles. The SMILES string of the molecule is CC1=CC(=O)OC1(C)S(=O)(=O)c1ccccc1. The summed E-state index contributed by atoms with van der Waals surface area (Å²) in [5.41, 5.74) is 0.395. The predicted molar refractivity (Wildman–Crippen MR) is 61.9 cm³/mol. The van der Waals surface area contributed by atoms with Gasteiger partial charge in [-0.15, -0.1) is 0 Å². The van der Waals surface area contributed by atoms with Gasteiger partial charge in [-0.3, -0.25) is 0 Å². The molecule has 0 bridgehead atoms. The first kappa shape index (κ1) is 11.9. The summed E-state index contributed by atoms with van der Waals surface area (Å²) in [7, 11) is -3.73. The van der Waals surface area contributed by atoms with Crippen molar-refractivity contribution in [3.8, 4) is 0 Å². The molecule has 1 atom stereocenters. The molecule has 0 aliphatic carbocycles. The van der Waals surface area contributed by atoms with Crippen LogP contribution in [-0.2, 0) is 19.4 Å². The molecule has 5 heteroatoms. The second kappa shape index (κ2) is 3.70. The molecule has 0 N–H and O–H groups in total. The zero-order valence-corrected chi connectivity index (χ0v) is 10.3. The zero-order chi connectivity index (χ0) is 12.7. The monoisotopic (exact) mass is 252 g/mol. The second-order valence-electron chi connectivity index (χ2n) is 4.01. The van der Waals surface area contributed by atoms with E-state index in [1.54, 1.807) is 25.1 Å². The summed E-state index contributed by atoms with van der Waals surface area (Å²) in [6, 6.07) is 7.96. The van der Waals surface area contributed by atoms with Gasteiger partial charge in [0.15, 0.2) is 0 Å². The normalized spacial score (nSPS) is 24.4. The molecule has 0 saturated carbocycles. The van der Waals surface area contributed by atoms with E-state index in [2.05, 4.69) is 0 Å². The van der Waals surface area contributed by atoms with E-state index in [0.717, 1.165) is 0 Å². The van der Waals surface area contributed by atoms with Gasteiger partial charge in [-0.05, 0) is 31.6 Å². The number of rotatable bonds is 2. The first-order chi connectivity index (χ1) is 7.88. The van der Waals surface area contributed by atoms with Crippen molar-refractivity contribution in [1.29, 1.82) is 0 Å². The van der Waals surface area contributed by atoms with Crippen molar-refractivity contribution in [3.63, 3.8) is 0 Å². The van der Waals surface area contributed by atoms with E-state index < -0.39 is 20.7 Å². The maximum Gasteiger partial charge on any atom is 0.332 e. The molecule has 1 aromatic carbocycles. The summed E-state index contributed by atoms with van der Waals surface area (Å²) in [6.07, 6.45) is 1.21. The lowest BCUT2D eigenvalue weighted by molar-refractivity contribution is -0.140. The van der Waals surface area contributed by atoms with Gasteiger partial charge in [-0.25, -0.2) is 13.2 Å². The summed E-state index contributed by atoms with van der Waals surface area (Å²) < 4.78 is 29.7. The summed E-state index contributed by atoms with van der Waals surface area (Å²) in [6.45, 7) is 2.97. The fraction of sp³-hybridized carbons (Fsp3) is 0.250. The van der Waals surface area contributed by atoms with Gasteiger partial charge in [-0.2, -0.15) is 0 Å². The van der Waals surface area contributed by atoms with Crippen molar-refractivity contribution in [3.05, 3.63) is 42.0 Å². The standard InChI is InChI=1S/C12H12O4S/c1-9-8-11(13)16-12(9,2)17(14,15)10-6-4-3-5-7-10/h3-8H,1-2H3. The first-order valence-electron chi connectivity index (χ1n) is 5.09. The van der Waals surface area contributed by atoms with Gasteiger partial charge >= 0.3 is 5.97 Å². The molecule has 1 aliphatic rings. The topological polar surface area (TPSA) is 60.4 Å². The van der Waals surface area contributed by atoms with Crippen LogP contribution in [0.15, 0.2) is 46.9 Å². The Labute approximate surface area is 99.8 Å². The number of ether oxygens (including phenoxy) is 1. The maximum atomic E-state index is 12.4. The van der Waals surface area contributed by atoms with Gasteiger partial charge in [-0.1, -0.05) is 18.2 Å². The van der Waals surface area contributed by atoms with Crippen LogP contribution < -0.4 is 0 Å². The van der Waals surface area contributed by atoms with Crippen molar-refractivity contribution in [2.45, 2.75) is 23.7 Å². The van der Waals surface area contributed by atoms with Gasteiger partial charge in [0.25, 0.3) is 0 Å². The summed E-state index contributed by atoms with van der Waals surface area (Å²) >= 11 is 0. The van der Waals surface area contributed by atoms with Gasteiger partial charge in [0.05, 0.1) is 4.90 Å². The molecule has 0 aromatic heterocycles. The molecule has 0 amide bonds. The number of cyclic esters (lactones) is 1. The van der Waals surface area contributed by atoms with Crippen LogP contribution in [-0.4, -0.2) is 19.3 Å². The van der Waals surface area contributed by atoms with Crippen LogP contribution in [0.4, 0.5) is 0 Å². The molecule has 1 aromatic rings. The van der Waals surface area contributed by atoms with E-state index >= 15 is 0 Å². The van der Waals surface area contributed by atoms with Crippen LogP contribution in [0.1, 0.15) is 13.8 Å². The smallest absolute Gasteiger partial charge is 0.332 e. The van der Waals surface area contributed by atoms with Gasteiger partial charge < -0.3 is 4.74 Å². The molecule has 1 unspecified atom stereocenters. The third-order valence-corrected chi connectivity index (χ3v) is 5.24. The van der Waals surface area contributed by atoms with Crippen molar-refractivity contribution in [2.24, 2.45) is 0 Å². The summed E-state index contributed by atoms with van der Waals surface area (Å²) in [4.78, 5) is 9.74. The minimum Gasteiger partial charge on any atom is -0.435 e. The lowest BCUT2D eigenvalue weighted by atomic mass is 10.2. The molecular weight excluding hydrogens is 240 g/mol. The van der Waals surface area contributed by atoms with E-state index in [-0.39, 0.29) is 4.90 Å². The number of esters is 1. The zero-order valence-electron chi connectivity index (χ0n) is 9.51.